The minimum Gasteiger partial charge on any atom is -0.356 e. The summed E-state index contributed by atoms with van der Waals surface area (Å²) < 4.78 is 0. The molecule has 0 aliphatic heterocycles. The Balaban J connectivity index is 2.59. The fraction of sp³-hybridized carbons (Fsp3) is 0.500. The van der Waals surface area contributed by atoms with Crippen LogP contribution >= 0.6 is 11.6 Å². The van der Waals surface area contributed by atoms with Gasteiger partial charge in [0.15, 0.2) is 0 Å². The van der Waals surface area contributed by atoms with Gasteiger partial charge in [0.1, 0.15) is 0 Å². The van der Waals surface area contributed by atoms with Crippen LogP contribution in [0.15, 0.2) is 24.3 Å². The van der Waals surface area contributed by atoms with Crippen molar-refractivity contribution < 1.29 is 9.59 Å². The van der Waals surface area contributed by atoms with Crippen LogP contribution in [0, 0.1) is 0 Å². The van der Waals surface area contributed by atoms with Crippen LogP contribution in [0.3, 0.4) is 0 Å². The molecule has 5 heteroatoms. The average molecular weight is 311 g/mol. The quantitative estimate of drug-likeness (QED) is 0.724. The molecule has 0 aromatic heterocycles. The lowest BCUT2D eigenvalue weighted by molar-refractivity contribution is -0.122. The number of benzene rings is 1. The molecule has 1 rings (SSSR count). The molecule has 2 N–H and O–H groups in total. The van der Waals surface area contributed by atoms with E-state index in [-0.39, 0.29) is 24.3 Å². The van der Waals surface area contributed by atoms with Crippen LogP contribution in [0.5, 0.6) is 0 Å². The van der Waals surface area contributed by atoms with Crippen LogP contribution in [-0.2, 0) is 9.59 Å². The molecule has 1 aromatic carbocycles. The van der Waals surface area contributed by atoms with E-state index in [1.54, 1.807) is 12.1 Å². The number of amides is 2. The third-order valence-corrected chi connectivity index (χ3v) is 3.39. The fourth-order valence-electron chi connectivity index (χ4n) is 2.05. The first kappa shape index (κ1) is 17.5. The fourth-order valence-corrected chi connectivity index (χ4v) is 2.18. The largest absolute Gasteiger partial charge is 0.356 e. The number of hydrogen-bond acceptors (Lipinski definition) is 2. The Morgan fingerprint density at radius 2 is 1.86 bits per heavy atom. The molecule has 0 bridgehead atoms. The van der Waals surface area contributed by atoms with Crippen molar-refractivity contribution in [2.45, 2.75) is 45.6 Å². The molecule has 0 saturated heterocycles. The van der Waals surface area contributed by atoms with E-state index < -0.39 is 0 Å². The highest BCUT2D eigenvalue weighted by Gasteiger charge is 2.16. The summed E-state index contributed by atoms with van der Waals surface area (Å²) in [5.41, 5.74) is 0.873. The van der Waals surface area contributed by atoms with Gasteiger partial charge in [0.05, 0.1) is 12.5 Å². The number of halogens is 1. The predicted octanol–water partition coefficient (Wildman–Crippen LogP) is 3.21. The van der Waals surface area contributed by atoms with Gasteiger partial charge in [-0.2, -0.15) is 0 Å². The zero-order chi connectivity index (χ0) is 15.7. The molecule has 21 heavy (non-hydrogen) atoms. The molecular formula is C16H23ClN2O2. The summed E-state index contributed by atoms with van der Waals surface area (Å²) >= 11 is 5.86. The smallest absolute Gasteiger partial charge is 0.222 e. The minimum atomic E-state index is -0.328. The van der Waals surface area contributed by atoms with Crippen molar-refractivity contribution in [1.82, 2.24) is 10.6 Å². The number of rotatable bonds is 8. The molecule has 1 unspecified atom stereocenters. The van der Waals surface area contributed by atoms with E-state index in [1.165, 1.54) is 6.92 Å². The maximum atomic E-state index is 11.9. The average Bonchev–Trinajstić information content (AvgIpc) is 2.43. The Morgan fingerprint density at radius 1 is 1.19 bits per heavy atom. The lowest BCUT2D eigenvalue weighted by Crippen LogP contribution is -2.33. The molecule has 0 fully saturated rings. The first-order valence-electron chi connectivity index (χ1n) is 7.32. The third kappa shape index (κ3) is 7.14. The Morgan fingerprint density at radius 3 is 2.43 bits per heavy atom. The molecule has 0 spiro atoms. The second kappa shape index (κ2) is 9.40. The van der Waals surface area contributed by atoms with Gasteiger partial charge in [-0.05, 0) is 24.1 Å². The van der Waals surface area contributed by atoms with E-state index in [2.05, 4.69) is 17.6 Å². The number of carbonyl (C=O) groups is 2. The molecule has 0 aliphatic rings. The van der Waals surface area contributed by atoms with Crippen molar-refractivity contribution >= 4 is 23.4 Å². The monoisotopic (exact) mass is 310 g/mol. The second-order valence-corrected chi connectivity index (χ2v) is 5.50. The summed E-state index contributed by atoms with van der Waals surface area (Å²) in [5.74, 6) is -0.214. The number of unbranched alkanes of at least 4 members (excludes halogenated alkanes) is 2. The van der Waals surface area contributed by atoms with E-state index in [1.807, 2.05) is 12.1 Å². The van der Waals surface area contributed by atoms with Crippen molar-refractivity contribution in [3.05, 3.63) is 34.9 Å². The zero-order valence-corrected chi connectivity index (χ0v) is 13.4. The standard InChI is InChI=1S/C16H23ClN2O2/c1-3-4-5-10-18-16(21)11-15(19-12(2)20)13-6-8-14(17)9-7-13/h6-9,15H,3-5,10-11H2,1-2H3,(H,18,21)(H,19,20). The van der Waals surface area contributed by atoms with Crippen molar-refractivity contribution in [2.75, 3.05) is 6.54 Å². The van der Waals surface area contributed by atoms with Gasteiger partial charge in [-0.25, -0.2) is 0 Å². The van der Waals surface area contributed by atoms with Gasteiger partial charge in [-0.3, -0.25) is 9.59 Å². The molecule has 1 aromatic rings. The van der Waals surface area contributed by atoms with Crippen LogP contribution in [0.4, 0.5) is 0 Å². The maximum Gasteiger partial charge on any atom is 0.222 e. The van der Waals surface area contributed by atoms with E-state index in [4.69, 9.17) is 11.6 Å². The lowest BCUT2D eigenvalue weighted by Gasteiger charge is -2.18. The molecule has 2 amide bonds. The highest BCUT2D eigenvalue weighted by atomic mass is 35.5. The molecule has 0 heterocycles. The molecule has 116 valence electrons. The van der Waals surface area contributed by atoms with Crippen molar-refractivity contribution in [1.29, 1.82) is 0 Å². The number of hydrogen-bond donors (Lipinski definition) is 2. The summed E-state index contributed by atoms with van der Waals surface area (Å²) in [4.78, 5) is 23.3. The minimum absolute atomic E-state index is 0.0557. The summed E-state index contributed by atoms with van der Waals surface area (Å²) in [6, 6.07) is 6.84. The van der Waals surface area contributed by atoms with Gasteiger partial charge in [0, 0.05) is 18.5 Å². The second-order valence-electron chi connectivity index (χ2n) is 5.07. The number of nitrogens with one attached hydrogen (secondary N) is 2. The van der Waals surface area contributed by atoms with Crippen LogP contribution in [0.2, 0.25) is 5.02 Å². The first-order valence-corrected chi connectivity index (χ1v) is 7.70. The van der Waals surface area contributed by atoms with Gasteiger partial charge >= 0.3 is 0 Å². The van der Waals surface area contributed by atoms with Gasteiger partial charge < -0.3 is 10.6 Å². The summed E-state index contributed by atoms with van der Waals surface area (Å²) in [6.07, 6.45) is 3.43. The van der Waals surface area contributed by atoms with Gasteiger partial charge in [0.2, 0.25) is 11.8 Å². The van der Waals surface area contributed by atoms with Gasteiger partial charge in [-0.1, -0.05) is 43.5 Å². The van der Waals surface area contributed by atoms with Crippen LogP contribution in [0.25, 0.3) is 0 Å². The van der Waals surface area contributed by atoms with Gasteiger partial charge in [0.25, 0.3) is 0 Å². The molecule has 1 atom stereocenters. The number of carbonyl (C=O) groups excluding carboxylic acids is 2. The topological polar surface area (TPSA) is 58.2 Å². The summed E-state index contributed by atoms with van der Waals surface area (Å²) in [7, 11) is 0. The maximum absolute atomic E-state index is 11.9. The van der Waals surface area contributed by atoms with Gasteiger partial charge in [-0.15, -0.1) is 0 Å². The third-order valence-electron chi connectivity index (χ3n) is 3.14. The SMILES string of the molecule is CCCCCNC(=O)CC(NC(C)=O)c1ccc(Cl)cc1. The molecular weight excluding hydrogens is 288 g/mol. The summed E-state index contributed by atoms with van der Waals surface area (Å²) in [6.45, 7) is 4.25. The molecule has 0 aliphatic carbocycles. The van der Waals surface area contributed by atoms with Crippen LogP contribution < -0.4 is 10.6 Å². The lowest BCUT2D eigenvalue weighted by atomic mass is 10.0. The van der Waals surface area contributed by atoms with Crippen molar-refractivity contribution in [3.63, 3.8) is 0 Å². The molecule has 0 saturated carbocycles. The normalized spacial score (nSPS) is 11.8. The zero-order valence-electron chi connectivity index (χ0n) is 12.6. The predicted molar refractivity (Wildman–Crippen MR) is 85.2 cm³/mol. The first-order chi connectivity index (χ1) is 10.0. The Kier molecular flexibility index (Phi) is 7.83. The van der Waals surface area contributed by atoms with E-state index in [9.17, 15) is 9.59 Å². The van der Waals surface area contributed by atoms with Crippen molar-refractivity contribution in [3.8, 4) is 0 Å². The molecule has 4 nitrogen and oxygen atoms in total. The van der Waals surface area contributed by atoms with E-state index in [0.29, 0.717) is 11.6 Å². The highest BCUT2D eigenvalue weighted by Crippen LogP contribution is 2.19. The van der Waals surface area contributed by atoms with E-state index in [0.717, 1.165) is 24.8 Å². The Labute approximate surface area is 131 Å². The highest BCUT2D eigenvalue weighted by molar-refractivity contribution is 6.30. The molecule has 0 radical (unpaired) electrons. The van der Waals surface area contributed by atoms with Crippen LogP contribution in [-0.4, -0.2) is 18.4 Å². The summed E-state index contributed by atoms with van der Waals surface area (Å²) in [5, 5.41) is 6.32. The Hall–Kier alpha value is -1.55. The van der Waals surface area contributed by atoms with E-state index >= 15 is 0 Å². The van der Waals surface area contributed by atoms with Crippen LogP contribution in [0.1, 0.15) is 51.1 Å². The Bertz CT molecular complexity index is 460. The van der Waals surface area contributed by atoms with Crippen molar-refractivity contribution in [2.24, 2.45) is 0 Å².